The highest BCUT2D eigenvalue weighted by molar-refractivity contribution is 9.10. The Morgan fingerprint density at radius 1 is 1.69 bits per heavy atom. The summed E-state index contributed by atoms with van der Waals surface area (Å²) in [5.74, 6) is 0.505. The third kappa shape index (κ3) is 2.42. The van der Waals surface area contributed by atoms with Crippen LogP contribution in [0.5, 0.6) is 0 Å². The molecule has 0 aliphatic heterocycles. The van der Waals surface area contributed by atoms with Gasteiger partial charge in [-0.15, -0.1) is 0 Å². The van der Waals surface area contributed by atoms with Crippen LogP contribution in [0.2, 0.25) is 5.02 Å². The van der Waals surface area contributed by atoms with Gasteiger partial charge in [-0.05, 0) is 22.0 Å². The lowest BCUT2D eigenvalue weighted by molar-refractivity contribution is -0.116. The molecular weight excluding hydrogens is 255 g/mol. The fraction of sp³-hybridized carbons (Fsp3) is 0.250. The first kappa shape index (κ1) is 10.5. The largest absolute Gasteiger partial charge is 0.300 e. The molecule has 3 nitrogen and oxygen atoms in total. The van der Waals surface area contributed by atoms with Gasteiger partial charge in [0.15, 0.2) is 0 Å². The lowest BCUT2D eigenvalue weighted by Crippen LogP contribution is -2.23. The minimum Gasteiger partial charge on any atom is -0.300 e. The van der Waals surface area contributed by atoms with Crippen LogP contribution in [0, 0.1) is 0 Å². The first-order chi connectivity index (χ1) is 6.02. The summed E-state index contributed by atoms with van der Waals surface area (Å²) in [5.41, 5.74) is 0. The number of amides is 1. The van der Waals surface area contributed by atoms with Crippen molar-refractivity contribution < 1.29 is 4.79 Å². The molecule has 0 radical (unpaired) electrons. The smallest absolute Gasteiger partial charge is 0.224 e. The predicted octanol–water partition coefficient (Wildman–Crippen LogP) is 2.48. The number of anilines is 1. The van der Waals surface area contributed by atoms with E-state index in [2.05, 4.69) is 20.9 Å². The van der Waals surface area contributed by atoms with E-state index in [9.17, 15) is 4.79 Å². The second kappa shape index (κ2) is 4.07. The summed E-state index contributed by atoms with van der Waals surface area (Å²) in [6, 6.07) is 1.70. The van der Waals surface area contributed by atoms with E-state index in [-0.39, 0.29) is 5.91 Å². The topological polar surface area (TPSA) is 33.2 Å². The van der Waals surface area contributed by atoms with Crippen molar-refractivity contribution in [2.24, 2.45) is 0 Å². The molecule has 1 amide bonds. The number of hydrogen-bond acceptors (Lipinski definition) is 2. The molecule has 0 spiro atoms. The van der Waals surface area contributed by atoms with Gasteiger partial charge in [0.25, 0.3) is 0 Å². The van der Waals surface area contributed by atoms with Crippen LogP contribution in [-0.2, 0) is 4.79 Å². The van der Waals surface area contributed by atoms with E-state index in [0.29, 0.717) is 10.8 Å². The number of hydrogen-bond donors (Lipinski definition) is 0. The zero-order chi connectivity index (χ0) is 10.0. The van der Waals surface area contributed by atoms with Crippen LogP contribution < -0.4 is 4.90 Å². The van der Waals surface area contributed by atoms with E-state index >= 15 is 0 Å². The lowest BCUT2D eigenvalue weighted by atomic mass is 10.4. The van der Waals surface area contributed by atoms with Crippen LogP contribution in [0.1, 0.15) is 6.92 Å². The molecule has 0 fully saturated rings. The van der Waals surface area contributed by atoms with Gasteiger partial charge in [-0.1, -0.05) is 11.6 Å². The van der Waals surface area contributed by atoms with Crippen molar-refractivity contribution in [1.29, 1.82) is 0 Å². The molecule has 0 aliphatic carbocycles. The van der Waals surface area contributed by atoms with Crippen LogP contribution in [0.15, 0.2) is 16.7 Å². The molecule has 5 heteroatoms. The Labute approximate surface area is 89.8 Å². The zero-order valence-corrected chi connectivity index (χ0v) is 9.56. The summed E-state index contributed by atoms with van der Waals surface area (Å²) in [6.45, 7) is 1.48. The van der Waals surface area contributed by atoms with Gasteiger partial charge in [0, 0.05) is 24.6 Å². The first-order valence-corrected chi connectivity index (χ1v) is 4.75. The van der Waals surface area contributed by atoms with Gasteiger partial charge in [0.2, 0.25) is 5.91 Å². The van der Waals surface area contributed by atoms with E-state index in [1.54, 1.807) is 13.1 Å². The molecular formula is C8H8BrClN2O. The third-order valence-electron chi connectivity index (χ3n) is 1.61. The highest BCUT2D eigenvalue weighted by atomic mass is 79.9. The van der Waals surface area contributed by atoms with E-state index in [4.69, 9.17) is 11.6 Å². The van der Waals surface area contributed by atoms with Gasteiger partial charge in [-0.25, -0.2) is 4.98 Å². The minimum absolute atomic E-state index is 0.0678. The van der Waals surface area contributed by atoms with Gasteiger partial charge in [0.1, 0.15) is 5.82 Å². The summed E-state index contributed by atoms with van der Waals surface area (Å²) in [5, 5.41) is 0.528. The molecule has 0 saturated heterocycles. The van der Waals surface area contributed by atoms with Gasteiger partial charge in [-0.3, -0.25) is 4.79 Å². The van der Waals surface area contributed by atoms with E-state index in [1.807, 2.05) is 0 Å². The third-order valence-corrected chi connectivity index (χ3v) is 2.80. The molecule has 0 bridgehead atoms. The Kier molecular flexibility index (Phi) is 3.27. The van der Waals surface area contributed by atoms with Gasteiger partial charge >= 0.3 is 0 Å². The number of halogens is 2. The molecule has 0 unspecified atom stereocenters. The number of aromatic nitrogens is 1. The second-order valence-electron chi connectivity index (χ2n) is 2.53. The van der Waals surface area contributed by atoms with Crippen molar-refractivity contribution in [1.82, 2.24) is 4.98 Å². The standard InChI is InChI=1S/C8H8BrClN2O/c1-5(13)12(2)8-3-6(9)7(10)4-11-8/h3-4H,1-2H3. The van der Waals surface area contributed by atoms with Crippen LogP contribution in [-0.4, -0.2) is 17.9 Å². The number of carbonyl (C=O) groups is 1. The fourth-order valence-electron chi connectivity index (χ4n) is 0.749. The Balaban J connectivity index is 3.03. The van der Waals surface area contributed by atoms with E-state index in [1.165, 1.54) is 18.0 Å². The maximum Gasteiger partial charge on any atom is 0.224 e. The summed E-state index contributed by atoms with van der Waals surface area (Å²) in [6.07, 6.45) is 1.50. The predicted molar refractivity (Wildman–Crippen MR) is 56.0 cm³/mol. The van der Waals surface area contributed by atoms with Gasteiger partial charge < -0.3 is 4.90 Å². The van der Waals surface area contributed by atoms with Crippen molar-refractivity contribution in [2.45, 2.75) is 6.92 Å². The SMILES string of the molecule is CC(=O)N(C)c1cc(Br)c(Cl)cn1. The van der Waals surface area contributed by atoms with Crippen molar-refractivity contribution >= 4 is 39.3 Å². The monoisotopic (exact) mass is 262 g/mol. The Morgan fingerprint density at radius 3 is 2.77 bits per heavy atom. The van der Waals surface area contributed by atoms with Crippen LogP contribution in [0.3, 0.4) is 0 Å². The van der Waals surface area contributed by atoms with Crippen LogP contribution in [0.4, 0.5) is 5.82 Å². The molecule has 1 aromatic heterocycles. The number of rotatable bonds is 1. The van der Waals surface area contributed by atoms with E-state index < -0.39 is 0 Å². The summed E-state index contributed by atoms with van der Waals surface area (Å²) < 4.78 is 0.729. The molecule has 0 aromatic carbocycles. The Morgan fingerprint density at radius 2 is 2.31 bits per heavy atom. The quantitative estimate of drug-likeness (QED) is 0.780. The maximum absolute atomic E-state index is 11.0. The number of carbonyl (C=O) groups excluding carboxylic acids is 1. The Hall–Kier alpha value is -0.610. The first-order valence-electron chi connectivity index (χ1n) is 3.57. The maximum atomic E-state index is 11.0. The summed E-state index contributed by atoms with van der Waals surface area (Å²) in [4.78, 5) is 16.4. The molecule has 1 heterocycles. The molecule has 1 aromatic rings. The normalized spacial score (nSPS) is 9.85. The highest BCUT2D eigenvalue weighted by Gasteiger charge is 2.08. The number of pyridine rings is 1. The fourth-order valence-corrected chi connectivity index (χ4v) is 1.16. The molecule has 13 heavy (non-hydrogen) atoms. The zero-order valence-electron chi connectivity index (χ0n) is 7.21. The van der Waals surface area contributed by atoms with Crippen molar-refractivity contribution in [2.75, 3.05) is 11.9 Å². The van der Waals surface area contributed by atoms with Crippen molar-refractivity contribution in [3.05, 3.63) is 21.8 Å². The van der Waals surface area contributed by atoms with Crippen molar-refractivity contribution in [3.8, 4) is 0 Å². The summed E-state index contributed by atoms with van der Waals surface area (Å²) >= 11 is 9.01. The molecule has 0 saturated carbocycles. The Bertz CT molecular complexity index is 343. The molecule has 0 atom stereocenters. The molecule has 1 rings (SSSR count). The average Bonchev–Trinajstić information content (AvgIpc) is 2.08. The molecule has 0 N–H and O–H groups in total. The summed E-state index contributed by atoms with van der Waals surface area (Å²) in [7, 11) is 1.66. The average molecular weight is 264 g/mol. The van der Waals surface area contributed by atoms with Crippen molar-refractivity contribution in [3.63, 3.8) is 0 Å². The minimum atomic E-state index is -0.0678. The van der Waals surface area contributed by atoms with Gasteiger partial charge in [0.05, 0.1) is 5.02 Å². The van der Waals surface area contributed by atoms with Crippen LogP contribution in [0.25, 0.3) is 0 Å². The second-order valence-corrected chi connectivity index (χ2v) is 3.80. The molecule has 70 valence electrons. The van der Waals surface area contributed by atoms with E-state index in [0.717, 1.165) is 4.47 Å². The molecule has 0 aliphatic rings. The number of nitrogens with zero attached hydrogens (tertiary/aromatic N) is 2. The highest BCUT2D eigenvalue weighted by Crippen LogP contribution is 2.24. The van der Waals surface area contributed by atoms with Gasteiger partial charge in [-0.2, -0.15) is 0 Å². The lowest BCUT2D eigenvalue weighted by Gasteiger charge is -2.13. The van der Waals surface area contributed by atoms with Crippen LogP contribution >= 0.6 is 27.5 Å².